The smallest absolute Gasteiger partial charge is 0.270 e. The molecule has 0 unspecified atom stereocenters. The van der Waals surface area contributed by atoms with Crippen LogP contribution in [-0.2, 0) is 0 Å². The first kappa shape index (κ1) is 16.7. The molecule has 1 heterocycles. The highest BCUT2D eigenvalue weighted by Crippen LogP contribution is 2.27. The van der Waals surface area contributed by atoms with Gasteiger partial charge in [0.25, 0.3) is 5.69 Å². The van der Waals surface area contributed by atoms with E-state index in [4.69, 9.17) is 4.42 Å². The zero-order valence-electron chi connectivity index (χ0n) is 12.8. The van der Waals surface area contributed by atoms with Gasteiger partial charge in [-0.3, -0.25) is 10.1 Å². The molecule has 5 nitrogen and oxygen atoms in total. The third-order valence-electron chi connectivity index (χ3n) is 3.51. The predicted octanol–water partition coefficient (Wildman–Crippen LogP) is 5.68. The number of nitriles is 1. The Labute approximate surface area is 152 Å². The summed E-state index contributed by atoms with van der Waals surface area (Å²) in [6.07, 6.45) is 1.57. The average molecular weight is 395 g/mol. The second-order valence-electron chi connectivity index (χ2n) is 5.19. The van der Waals surface area contributed by atoms with Crippen LogP contribution in [0.2, 0.25) is 0 Å². The zero-order valence-corrected chi connectivity index (χ0v) is 14.4. The molecule has 0 aliphatic heterocycles. The maximum atomic E-state index is 10.9. The number of allylic oxidation sites excluding steroid dienone is 1. The van der Waals surface area contributed by atoms with Gasteiger partial charge in [0, 0.05) is 22.2 Å². The van der Waals surface area contributed by atoms with Crippen molar-refractivity contribution in [3.8, 4) is 17.4 Å². The minimum Gasteiger partial charge on any atom is -0.457 e. The Morgan fingerprint density at radius 1 is 1.16 bits per heavy atom. The van der Waals surface area contributed by atoms with Gasteiger partial charge in [0.1, 0.15) is 11.5 Å². The van der Waals surface area contributed by atoms with E-state index in [-0.39, 0.29) is 5.69 Å². The molecular formula is C19H11BrN2O3. The molecule has 3 aromatic rings. The lowest BCUT2D eigenvalue weighted by Gasteiger charge is -1.99. The van der Waals surface area contributed by atoms with Crippen LogP contribution in [-0.4, -0.2) is 4.92 Å². The summed E-state index contributed by atoms with van der Waals surface area (Å²) < 4.78 is 6.71. The Balaban J connectivity index is 1.95. The van der Waals surface area contributed by atoms with Crippen LogP contribution in [0.4, 0.5) is 5.69 Å². The van der Waals surface area contributed by atoms with Crippen LogP contribution >= 0.6 is 15.9 Å². The van der Waals surface area contributed by atoms with Crippen LogP contribution in [0, 0.1) is 21.4 Å². The number of benzene rings is 2. The van der Waals surface area contributed by atoms with E-state index in [2.05, 4.69) is 22.0 Å². The quantitative estimate of drug-likeness (QED) is 0.323. The summed E-state index contributed by atoms with van der Waals surface area (Å²) >= 11 is 3.42. The maximum absolute atomic E-state index is 10.9. The minimum absolute atomic E-state index is 0.0621. The van der Waals surface area contributed by atoms with Crippen LogP contribution in [0.1, 0.15) is 11.3 Å². The summed E-state index contributed by atoms with van der Waals surface area (Å²) in [4.78, 5) is 10.4. The topological polar surface area (TPSA) is 80.1 Å². The highest BCUT2D eigenvalue weighted by atomic mass is 79.9. The molecule has 0 saturated carbocycles. The summed E-state index contributed by atoms with van der Waals surface area (Å²) in [6.45, 7) is 0. The van der Waals surface area contributed by atoms with E-state index in [9.17, 15) is 15.4 Å². The molecule has 0 bridgehead atoms. The van der Waals surface area contributed by atoms with Gasteiger partial charge in [-0.1, -0.05) is 40.2 Å². The molecule has 0 N–H and O–H groups in total. The van der Waals surface area contributed by atoms with E-state index in [1.807, 2.05) is 30.3 Å². The monoisotopic (exact) mass is 394 g/mol. The van der Waals surface area contributed by atoms with Gasteiger partial charge in [-0.25, -0.2) is 0 Å². The van der Waals surface area contributed by atoms with Crippen LogP contribution in [0.5, 0.6) is 0 Å². The maximum Gasteiger partial charge on any atom is 0.270 e. The fourth-order valence-electron chi connectivity index (χ4n) is 2.34. The molecule has 0 amide bonds. The normalized spacial score (nSPS) is 11.1. The number of nitro groups is 1. The number of non-ortho nitro benzene ring substituents is 1. The van der Waals surface area contributed by atoms with Gasteiger partial charge in [-0.05, 0) is 35.9 Å². The molecule has 0 fully saturated rings. The Morgan fingerprint density at radius 3 is 2.68 bits per heavy atom. The molecular weight excluding hydrogens is 384 g/mol. The van der Waals surface area contributed by atoms with Crippen LogP contribution in [0.3, 0.4) is 0 Å². The fourth-order valence-corrected chi connectivity index (χ4v) is 2.74. The lowest BCUT2D eigenvalue weighted by atomic mass is 10.1. The SMILES string of the molecule is N#CC(=Cc1ccc(-c2cccc(Br)c2)o1)c1cccc([N+](=O)[O-])c1. The number of furan rings is 1. The first-order chi connectivity index (χ1) is 12.1. The van der Waals surface area contributed by atoms with Crippen molar-refractivity contribution in [1.29, 1.82) is 5.26 Å². The van der Waals surface area contributed by atoms with Crippen molar-refractivity contribution >= 4 is 33.3 Å². The van der Waals surface area contributed by atoms with Gasteiger partial charge >= 0.3 is 0 Å². The van der Waals surface area contributed by atoms with Gasteiger partial charge in [0.15, 0.2) is 0 Å². The van der Waals surface area contributed by atoms with E-state index < -0.39 is 4.92 Å². The van der Waals surface area contributed by atoms with E-state index in [1.165, 1.54) is 12.1 Å². The zero-order chi connectivity index (χ0) is 17.8. The van der Waals surface area contributed by atoms with E-state index in [0.717, 1.165) is 10.0 Å². The van der Waals surface area contributed by atoms with Crippen LogP contribution in [0.25, 0.3) is 23.0 Å². The number of halogens is 1. The fraction of sp³-hybridized carbons (Fsp3) is 0. The molecule has 0 aliphatic carbocycles. The van der Waals surface area contributed by atoms with Crippen LogP contribution < -0.4 is 0 Å². The summed E-state index contributed by atoms with van der Waals surface area (Å²) in [6, 6.07) is 19.3. The van der Waals surface area contributed by atoms with Gasteiger partial charge in [-0.15, -0.1) is 0 Å². The van der Waals surface area contributed by atoms with E-state index in [1.54, 1.807) is 24.3 Å². The van der Waals surface area contributed by atoms with E-state index in [0.29, 0.717) is 22.7 Å². The summed E-state index contributed by atoms with van der Waals surface area (Å²) in [5, 5.41) is 20.3. The molecule has 0 spiro atoms. The Morgan fingerprint density at radius 2 is 1.96 bits per heavy atom. The molecule has 6 heteroatoms. The molecule has 122 valence electrons. The second-order valence-corrected chi connectivity index (χ2v) is 6.11. The highest BCUT2D eigenvalue weighted by Gasteiger charge is 2.10. The number of rotatable bonds is 4. The molecule has 2 aromatic carbocycles. The molecule has 25 heavy (non-hydrogen) atoms. The van der Waals surface area contributed by atoms with Crippen molar-refractivity contribution in [2.45, 2.75) is 0 Å². The van der Waals surface area contributed by atoms with Gasteiger partial charge in [0.05, 0.1) is 16.6 Å². The third-order valence-corrected chi connectivity index (χ3v) is 4.00. The Bertz CT molecular complexity index is 1020. The van der Waals surface area contributed by atoms with Crippen LogP contribution in [0.15, 0.2) is 69.6 Å². The number of nitro benzene ring substituents is 1. The first-order valence-electron chi connectivity index (χ1n) is 7.29. The Hall–Kier alpha value is -3.17. The third kappa shape index (κ3) is 3.84. The molecule has 0 radical (unpaired) electrons. The highest BCUT2D eigenvalue weighted by molar-refractivity contribution is 9.10. The molecule has 0 saturated heterocycles. The minimum atomic E-state index is -0.489. The molecule has 1 aromatic heterocycles. The average Bonchev–Trinajstić information content (AvgIpc) is 3.08. The van der Waals surface area contributed by atoms with Crippen molar-refractivity contribution < 1.29 is 9.34 Å². The second kappa shape index (κ2) is 7.16. The van der Waals surface area contributed by atoms with Crippen molar-refractivity contribution in [2.24, 2.45) is 0 Å². The van der Waals surface area contributed by atoms with Crippen molar-refractivity contribution in [3.63, 3.8) is 0 Å². The van der Waals surface area contributed by atoms with Gasteiger partial charge in [-0.2, -0.15) is 5.26 Å². The summed E-state index contributed by atoms with van der Waals surface area (Å²) in [5.41, 5.74) is 1.60. The van der Waals surface area contributed by atoms with Gasteiger partial charge in [0.2, 0.25) is 0 Å². The lowest BCUT2D eigenvalue weighted by molar-refractivity contribution is -0.384. The van der Waals surface area contributed by atoms with E-state index >= 15 is 0 Å². The largest absolute Gasteiger partial charge is 0.457 e. The number of hydrogen-bond donors (Lipinski definition) is 0. The predicted molar refractivity (Wildman–Crippen MR) is 98.4 cm³/mol. The van der Waals surface area contributed by atoms with Crippen molar-refractivity contribution in [1.82, 2.24) is 0 Å². The summed E-state index contributed by atoms with van der Waals surface area (Å²) in [5.74, 6) is 1.17. The van der Waals surface area contributed by atoms with Crippen molar-refractivity contribution in [2.75, 3.05) is 0 Å². The standard InChI is InChI=1S/C19H11BrN2O3/c20-16-5-1-4-14(9-16)19-8-7-18(25-19)11-15(12-21)13-3-2-6-17(10-13)22(23)24/h1-11H. The molecule has 0 aliphatic rings. The Kier molecular flexibility index (Phi) is 4.78. The summed E-state index contributed by atoms with van der Waals surface area (Å²) in [7, 11) is 0. The van der Waals surface area contributed by atoms with Crippen molar-refractivity contribution in [3.05, 3.63) is 86.6 Å². The first-order valence-corrected chi connectivity index (χ1v) is 8.08. The molecule has 0 atom stereocenters. The lowest BCUT2D eigenvalue weighted by Crippen LogP contribution is -1.89. The number of hydrogen-bond acceptors (Lipinski definition) is 4. The molecule has 3 rings (SSSR count). The number of nitrogens with zero attached hydrogens (tertiary/aromatic N) is 2. The van der Waals surface area contributed by atoms with Gasteiger partial charge < -0.3 is 4.42 Å².